The van der Waals surface area contributed by atoms with Crippen LogP contribution in [0.15, 0.2) is 0 Å². The summed E-state index contributed by atoms with van der Waals surface area (Å²) in [6.07, 6.45) is -4.90. The van der Waals surface area contributed by atoms with Gasteiger partial charge in [0.25, 0.3) is 0 Å². The SMILES string of the molecule is O=C(O)CC(CO)(CC(=O)O)NC(CC(=O)O)(CC(=O)O)C(=O)[O-].[Na+]. The Kier molecular flexibility index (Phi) is 10.5. The zero-order chi connectivity index (χ0) is 19.1. The summed E-state index contributed by atoms with van der Waals surface area (Å²) in [6.45, 7) is -1.21. The van der Waals surface area contributed by atoms with Gasteiger partial charge >= 0.3 is 53.4 Å². The summed E-state index contributed by atoms with van der Waals surface area (Å²) < 4.78 is 0. The van der Waals surface area contributed by atoms with Crippen molar-refractivity contribution in [1.29, 1.82) is 0 Å². The van der Waals surface area contributed by atoms with Crippen LogP contribution < -0.4 is 40.0 Å². The number of rotatable bonds is 12. The van der Waals surface area contributed by atoms with Gasteiger partial charge < -0.3 is 35.4 Å². The quantitative estimate of drug-likeness (QED) is 0.176. The molecule has 0 aliphatic heterocycles. The van der Waals surface area contributed by atoms with E-state index in [1.54, 1.807) is 0 Å². The number of carboxylic acids is 5. The van der Waals surface area contributed by atoms with Crippen LogP contribution in [0.1, 0.15) is 25.7 Å². The summed E-state index contributed by atoms with van der Waals surface area (Å²) in [5, 5.41) is 58.0. The molecule has 0 atom stereocenters. The average molecular weight is 373 g/mol. The molecule has 0 saturated carbocycles. The molecule has 0 saturated heterocycles. The summed E-state index contributed by atoms with van der Waals surface area (Å²) in [5.74, 6) is -8.97. The second-order valence-corrected chi connectivity index (χ2v) is 5.22. The molecule has 0 aliphatic carbocycles. The third-order valence-electron chi connectivity index (χ3n) is 3.08. The number of nitrogens with one attached hydrogen (secondary N) is 1. The number of carboxylic acid groups (broad SMARTS) is 5. The molecule has 0 aromatic heterocycles. The molecule has 12 nitrogen and oxygen atoms in total. The monoisotopic (exact) mass is 373 g/mol. The summed E-state index contributed by atoms with van der Waals surface area (Å²) in [4.78, 5) is 55.0. The van der Waals surface area contributed by atoms with Crippen LogP contribution in [0.5, 0.6) is 0 Å². The maximum atomic E-state index is 11.4. The Morgan fingerprint density at radius 1 is 0.760 bits per heavy atom. The molecule has 0 aromatic carbocycles. The van der Waals surface area contributed by atoms with Crippen LogP contribution in [-0.4, -0.2) is 73.1 Å². The Morgan fingerprint density at radius 3 is 1.28 bits per heavy atom. The van der Waals surface area contributed by atoms with Gasteiger partial charge in [0.2, 0.25) is 0 Å². The van der Waals surface area contributed by atoms with Crippen LogP contribution in [0.3, 0.4) is 0 Å². The van der Waals surface area contributed by atoms with Crippen molar-refractivity contribution in [2.75, 3.05) is 6.61 Å². The maximum absolute atomic E-state index is 11.4. The fraction of sp³-hybridized carbons (Fsp3) is 0.583. The van der Waals surface area contributed by atoms with Crippen molar-refractivity contribution >= 4 is 29.8 Å². The van der Waals surface area contributed by atoms with Gasteiger partial charge in [0.05, 0.1) is 49.3 Å². The molecule has 136 valence electrons. The van der Waals surface area contributed by atoms with E-state index in [4.69, 9.17) is 20.4 Å². The van der Waals surface area contributed by atoms with E-state index in [-0.39, 0.29) is 29.6 Å². The molecule has 0 rings (SSSR count). The molecule has 0 heterocycles. The average Bonchev–Trinajstić information content (AvgIpc) is 2.34. The van der Waals surface area contributed by atoms with Crippen molar-refractivity contribution in [3.8, 4) is 0 Å². The topological polar surface area (TPSA) is 222 Å². The van der Waals surface area contributed by atoms with Gasteiger partial charge in [-0.15, -0.1) is 0 Å². The number of carbonyl (C=O) groups is 5. The minimum atomic E-state index is -2.83. The number of aliphatic carboxylic acids is 5. The molecule has 0 fully saturated rings. The molecular formula is C12H16NNaO11. The van der Waals surface area contributed by atoms with E-state index in [1.807, 2.05) is 5.32 Å². The molecule has 0 amide bonds. The zero-order valence-corrected chi connectivity index (χ0v) is 15.2. The van der Waals surface area contributed by atoms with Crippen molar-refractivity contribution in [2.24, 2.45) is 0 Å². The summed E-state index contributed by atoms with van der Waals surface area (Å²) in [5.41, 5.74) is -5.14. The predicted molar refractivity (Wildman–Crippen MR) is 69.7 cm³/mol. The van der Waals surface area contributed by atoms with Gasteiger partial charge in [-0.3, -0.25) is 24.5 Å². The van der Waals surface area contributed by atoms with Crippen LogP contribution in [0.25, 0.3) is 0 Å². The number of hydrogen-bond donors (Lipinski definition) is 6. The number of carbonyl (C=O) groups excluding carboxylic acids is 1. The van der Waals surface area contributed by atoms with Gasteiger partial charge in [-0.1, -0.05) is 0 Å². The van der Waals surface area contributed by atoms with Gasteiger partial charge in [0.1, 0.15) is 0 Å². The molecule has 0 radical (unpaired) electrons. The van der Waals surface area contributed by atoms with Crippen molar-refractivity contribution in [3.05, 3.63) is 0 Å². The summed E-state index contributed by atoms with van der Waals surface area (Å²) in [7, 11) is 0. The van der Waals surface area contributed by atoms with Crippen LogP contribution in [0, 0.1) is 0 Å². The Balaban J connectivity index is 0. The van der Waals surface area contributed by atoms with Crippen molar-refractivity contribution < 1.29 is 84.2 Å². The van der Waals surface area contributed by atoms with E-state index < -0.39 is 73.2 Å². The van der Waals surface area contributed by atoms with Gasteiger partial charge in [0.15, 0.2) is 0 Å². The van der Waals surface area contributed by atoms with Gasteiger partial charge in [0, 0.05) is 0 Å². The molecule has 0 aromatic rings. The minimum absolute atomic E-state index is 0. The second kappa shape index (κ2) is 10.3. The molecule has 6 N–H and O–H groups in total. The van der Waals surface area contributed by atoms with Crippen molar-refractivity contribution in [3.63, 3.8) is 0 Å². The molecule has 13 heteroatoms. The smallest absolute Gasteiger partial charge is 0.548 e. The summed E-state index contributed by atoms with van der Waals surface area (Å²) >= 11 is 0. The number of aliphatic hydroxyl groups is 1. The normalized spacial score (nSPS) is 11.2. The molecule has 0 unspecified atom stereocenters. The first-order chi connectivity index (χ1) is 10.9. The third kappa shape index (κ3) is 8.27. The van der Waals surface area contributed by atoms with E-state index in [0.717, 1.165) is 0 Å². The first-order valence-electron chi connectivity index (χ1n) is 6.37. The van der Waals surface area contributed by atoms with E-state index in [2.05, 4.69) is 0 Å². The van der Waals surface area contributed by atoms with Crippen LogP contribution in [-0.2, 0) is 24.0 Å². The fourth-order valence-corrected chi connectivity index (χ4v) is 2.25. The Morgan fingerprint density at radius 2 is 1.08 bits per heavy atom. The Bertz CT molecular complexity index is 515. The maximum Gasteiger partial charge on any atom is 1.00 e. The van der Waals surface area contributed by atoms with E-state index in [9.17, 15) is 34.2 Å². The first-order valence-corrected chi connectivity index (χ1v) is 6.37. The minimum Gasteiger partial charge on any atom is -0.548 e. The standard InChI is InChI=1S/C12H17NO11.Na/c14-5-11(1-6(15)16,2-7(17)18)13-12(10(23)24,3-8(19)20)4-9(21)22;/h13-14H,1-5H2,(H,15,16)(H,17,18)(H,19,20)(H,21,22)(H,23,24);/q;+1/p-1. The van der Waals surface area contributed by atoms with E-state index in [0.29, 0.717) is 0 Å². The zero-order valence-electron chi connectivity index (χ0n) is 13.2. The molecule has 25 heavy (non-hydrogen) atoms. The van der Waals surface area contributed by atoms with E-state index >= 15 is 0 Å². The first kappa shape index (κ1) is 25.5. The number of aliphatic hydroxyl groups excluding tert-OH is 1. The van der Waals surface area contributed by atoms with Gasteiger partial charge in [-0.2, -0.15) is 0 Å². The van der Waals surface area contributed by atoms with Gasteiger partial charge in [-0.05, 0) is 0 Å². The summed E-state index contributed by atoms with van der Waals surface area (Å²) in [6, 6.07) is 0. The molecule has 0 aliphatic rings. The number of hydrogen-bond acceptors (Lipinski definition) is 8. The molecular weight excluding hydrogens is 357 g/mol. The van der Waals surface area contributed by atoms with Crippen molar-refractivity contribution in [2.45, 2.75) is 36.8 Å². The van der Waals surface area contributed by atoms with Gasteiger partial charge in [-0.25, -0.2) is 0 Å². The third-order valence-corrected chi connectivity index (χ3v) is 3.08. The predicted octanol–water partition coefficient (Wildman–Crippen LogP) is -6.30. The second-order valence-electron chi connectivity index (χ2n) is 5.22. The van der Waals surface area contributed by atoms with Crippen LogP contribution >= 0.6 is 0 Å². The van der Waals surface area contributed by atoms with Crippen LogP contribution in [0.4, 0.5) is 0 Å². The van der Waals surface area contributed by atoms with E-state index in [1.165, 1.54) is 0 Å². The Hall–Kier alpha value is -1.73. The Labute approximate surface area is 162 Å². The van der Waals surface area contributed by atoms with Crippen LogP contribution in [0.2, 0.25) is 0 Å². The molecule has 0 spiro atoms. The fourth-order valence-electron chi connectivity index (χ4n) is 2.25. The largest absolute Gasteiger partial charge is 1.00 e. The molecule has 0 bridgehead atoms. The van der Waals surface area contributed by atoms with Crippen molar-refractivity contribution in [1.82, 2.24) is 5.32 Å².